The van der Waals surface area contributed by atoms with Crippen molar-refractivity contribution in [3.05, 3.63) is 53.0 Å². The zero-order chi connectivity index (χ0) is 16.6. The molecule has 0 radical (unpaired) electrons. The van der Waals surface area contributed by atoms with E-state index in [2.05, 4.69) is 40.2 Å². The fraction of sp³-hybridized carbons (Fsp3) is 0.545. The fourth-order valence-corrected chi connectivity index (χ4v) is 8.43. The zero-order valence-corrected chi connectivity index (χ0v) is 18.6. The Morgan fingerprint density at radius 3 is 1.64 bits per heavy atom. The molecular weight excluding hydrogens is 431 g/mol. The van der Waals surface area contributed by atoms with Crippen molar-refractivity contribution in [1.82, 2.24) is 0 Å². The SMILES string of the molecule is Brc1ccc[cH-]1.[Fe+2].c1c[cH-]c(P(C2CCCCC2)C2CCCCC2)c1. The molecule has 0 unspecified atom stereocenters. The summed E-state index contributed by atoms with van der Waals surface area (Å²) >= 11 is 3.28. The van der Waals surface area contributed by atoms with Gasteiger partial charge in [-0.2, -0.15) is 30.3 Å². The maximum atomic E-state index is 3.28. The molecule has 0 atom stereocenters. The van der Waals surface area contributed by atoms with Crippen LogP contribution in [0.25, 0.3) is 0 Å². The van der Waals surface area contributed by atoms with Gasteiger partial charge in [-0.3, -0.25) is 0 Å². The summed E-state index contributed by atoms with van der Waals surface area (Å²) in [6.45, 7) is 0. The largest absolute Gasteiger partial charge is 2.00 e. The summed E-state index contributed by atoms with van der Waals surface area (Å²) in [7, 11) is 0.145. The molecular formula is C22H30BrFeP. The summed E-state index contributed by atoms with van der Waals surface area (Å²) in [6, 6.07) is 17.4. The van der Waals surface area contributed by atoms with Crippen LogP contribution >= 0.6 is 23.9 Å². The van der Waals surface area contributed by atoms with Crippen LogP contribution in [0.2, 0.25) is 0 Å². The summed E-state index contributed by atoms with van der Waals surface area (Å²) < 4.78 is 1.16. The quantitative estimate of drug-likeness (QED) is 0.255. The predicted molar refractivity (Wildman–Crippen MR) is 112 cm³/mol. The van der Waals surface area contributed by atoms with Gasteiger partial charge in [0, 0.05) is 0 Å². The summed E-state index contributed by atoms with van der Waals surface area (Å²) in [5, 5.41) is 1.73. The van der Waals surface area contributed by atoms with Crippen LogP contribution < -0.4 is 5.30 Å². The third kappa shape index (κ3) is 6.66. The molecule has 0 spiro atoms. The van der Waals surface area contributed by atoms with Crippen LogP contribution in [0, 0.1) is 0 Å². The van der Waals surface area contributed by atoms with Gasteiger partial charge >= 0.3 is 17.1 Å². The van der Waals surface area contributed by atoms with Gasteiger partial charge in [-0.05, 0) is 37.0 Å². The zero-order valence-electron chi connectivity index (χ0n) is 15.0. The first-order chi connectivity index (χ1) is 11.8. The van der Waals surface area contributed by atoms with Gasteiger partial charge in [-0.25, -0.2) is 18.2 Å². The van der Waals surface area contributed by atoms with Gasteiger partial charge in [0.2, 0.25) is 0 Å². The smallest absolute Gasteiger partial charge is 0.213 e. The first kappa shape index (κ1) is 21.4. The predicted octanol–water partition coefficient (Wildman–Crippen LogP) is 7.34. The van der Waals surface area contributed by atoms with Gasteiger partial charge < -0.3 is 0 Å². The van der Waals surface area contributed by atoms with E-state index < -0.39 is 0 Å². The Bertz CT molecular complexity index is 519. The maximum Gasteiger partial charge on any atom is 2.00 e. The monoisotopic (exact) mass is 460 g/mol. The molecule has 0 nitrogen and oxygen atoms in total. The maximum absolute atomic E-state index is 3.28. The second-order valence-corrected chi connectivity index (χ2v) is 10.9. The minimum atomic E-state index is 0. The van der Waals surface area contributed by atoms with Crippen molar-refractivity contribution in [3.63, 3.8) is 0 Å². The van der Waals surface area contributed by atoms with Crippen molar-refractivity contribution in [2.24, 2.45) is 0 Å². The van der Waals surface area contributed by atoms with Gasteiger partial charge in [-0.15, -0.1) is 9.78 Å². The number of halogens is 1. The fourth-order valence-electron chi connectivity index (χ4n) is 4.32. The van der Waals surface area contributed by atoms with Crippen molar-refractivity contribution in [2.75, 3.05) is 0 Å². The van der Waals surface area contributed by atoms with Crippen LogP contribution in [0.5, 0.6) is 0 Å². The molecule has 0 N–H and O–H groups in total. The Labute approximate surface area is 174 Å². The minimum Gasteiger partial charge on any atom is -0.213 e. The molecule has 2 fully saturated rings. The molecule has 25 heavy (non-hydrogen) atoms. The number of hydrogen-bond donors (Lipinski definition) is 0. The molecule has 0 saturated heterocycles. The normalized spacial score (nSPS) is 19.1. The van der Waals surface area contributed by atoms with E-state index in [9.17, 15) is 0 Å². The molecule has 2 aromatic rings. The van der Waals surface area contributed by atoms with Gasteiger partial charge in [0.1, 0.15) is 0 Å². The third-order valence-electron chi connectivity index (χ3n) is 5.50. The molecule has 4 rings (SSSR count). The van der Waals surface area contributed by atoms with E-state index in [1.165, 1.54) is 64.2 Å². The van der Waals surface area contributed by atoms with E-state index in [0.29, 0.717) is 0 Å². The standard InChI is InChI=1S/C17H26P.C5H4Br.Fe/c1-3-9-15(10-4-1)18(17-13-7-8-14-17)16-11-5-2-6-12-16;6-5-3-1-2-4-5;/h7-8,13-16H,1-6,9-12H2;1-4H;/q2*-1;+2. The Hall–Kier alpha value is 0.129. The van der Waals surface area contributed by atoms with Crippen LogP contribution in [0.3, 0.4) is 0 Å². The van der Waals surface area contributed by atoms with E-state index in [0.717, 1.165) is 15.8 Å². The van der Waals surface area contributed by atoms with Crippen molar-refractivity contribution in [1.29, 1.82) is 0 Å². The summed E-state index contributed by atoms with van der Waals surface area (Å²) in [5.41, 5.74) is 2.11. The summed E-state index contributed by atoms with van der Waals surface area (Å²) in [5.74, 6) is 0. The Kier molecular flexibility index (Phi) is 10.1. The Morgan fingerprint density at radius 1 is 0.760 bits per heavy atom. The third-order valence-corrected chi connectivity index (χ3v) is 9.53. The molecule has 2 aliphatic carbocycles. The van der Waals surface area contributed by atoms with Crippen LogP contribution in [0.15, 0.2) is 53.0 Å². The van der Waals surface area contributed by atoms with Gasteiger partial charge in [0.25, 0.3) is 0 Å². The van der Waals surface area contributed by atoms with Gasteiger partial charge in [-0.1, -0.05) is 62.4 Å². The van der Waals surface area contributed by atoms with Crippen molar-refractivity contribution >= 4 is 29.2 Å². The average Bonchev–Trinajstić information content (AvgIpc) is 3.32. The van der Waals surface area contributed by atoms with E-state index in [1.807, 2.05) is 24.3 Å². The van der Waals surface area contributed by atoms with Crippen LogP contribution in [-0.4, -0.2) is 11.3 Å². The first-order valence-electron chi connectivity index (χ1n) is 9.72. The number of hydrogen-bond acceptors (Lipinski definition) is 0. The molecule has 138 valence electrons. The minimum absolute atomic E-state index is 0. The first-order valence-corrected chi connectivity index (χ1v) is 12.0. The molecule has 2 aliphatic rings. The molecule has 3 heteroatoms. The van der Waals surface area contributed by atoms with Crippen molar-refractivity contribution in [2.45, 2.75) is 75.5 Å². The van der Waals surface area contributed by atoms with E-state index in [4.69, 9.17) is 0 Å². The van der Waals surface area contributed by atoms with Crippen LogP contribution in [0.1, 0.15) is 64.2 Å². The summed E-state index contributed by atoms with van der Waals surface area (Å²) in [6.07, 6.45) is 15.1. The molecule has 2 aromatic carbocycles. The second kappa shape index (κ2) is 11.8. The molecule has 2 saturated carbocycles. The van der Waals surface area contributed by atoms with Gasteiger partial charge in [0.15, 0.2) is 0 Å². The van der Waals surface area contributed by atoms with Gasteiger partial charge in [0.05, 0.1) is 0 Å². The molecule has 0 aromatic heterocycles. The topological polar surface area (TPSA) is 0 Å². The Balaban J connectivity index is 0.000000275. The van der Waals surface area contributed by atoms with Crippen LogP contribution in [-0.2, 0) is 17.1 Å². The van der Waals surface area contributed by atoms with Crippen molar-refractivity contribution in [3.8, 4) is 0 Å². The average molecular weight is 461 g/mol. The molecule has 0 bridgehead atoms. The Morgan fingerprint density at radius 2 is 1.28 bits per heavy atom. The summed E-state index contributed by atoms with van der Waals surface area (Å²) in [4.78, 5) is 0. The molecule has 0 aliphatic heterocycles. The van der Waals surface area contributed by atoms with E-state index in [1.54, 1.807) is 5.30 Å². The van der Waals surface area contributed by atoms with Crippen LogP contribution in [0.4, 0.5) is 0 Å². The van der Waals surface area contributed by atoms with E-state index >= 15 is 0 Å². The molecule has 0 heterocycles. The molecule has 0 amide bonds. The van der Waals surface area contributed by atoms with Crippen molar-refractivity contribution < 1.29 is 17.1 Å². The second-order valence-electron chi connectivity index (χ2n) is 7.24. The van der Waals surface area contributed by atoms with E-state index in [-0.39, 0.29) is 25.0 Å². The number of rotatable bonds is 3.